The molecule has 1 aromatic heterocycles. The topological polar surface area (TPSA) is 60.2 Å². The summed E-state index contributed by atoms with van der Waals surface area (Å²) in [5.41, 5.74) is 4.06. The number of pyridine rings is 1. The van der Waals surface area contributed by atoms with Crippen molar-refractivity contribution in [1.82, 2.24) is 10.4 Å². The smallest absolute Gasteiger partial charge is 0.138 e. The van der Waals surface area contributed by atoms with Gasteiger partial charge in [0.05, 0.1) is 12.3 Å². The molecule has 0 spiro atoms. The van der Waals surface area contributed by atoms with E-state index in [-0.39, 0.29) is 12.1 Å². The van der Waals surface area contributed by atoms with E-state index in [1.807, 2.05) is 20.0 Å². The second-order valence-corrected chi connectivity index (χ2v) is 6.86. The molecule has 1 aliphatic rings. The SMILES string of the molecule is CC(C)Oc1cncc(C(CC2CCSCC2)NN)c1. The number of nitrogens with one attached hydrogen (secondary N) is 1. The molecule has 4 nitrogen and oxygen atoms in total. The monoisotopic (exact) mass is 295 g/mol. The lowest BCUT2D eigenvalue weighted by Gasteiger charge is -2.26. The Morgan fingerprint density at radius 3 is 2.80 bits per heavy atom. The van der Waals surface area contributed by atoms with Crippen LogP contribution in [0.5, 0.6) is 5.75 Å². The first-order valence-electron chi connectivity index (χ1n) is 7.34. The van der Waals surface area contributed by atoms with Crippen molar-refractivity contribution < 1.29 is 4.74 Å². The van der Waals surface area contributed by atoms with Gasteiger partial charge in [0.1, 0.15) is 5.75 Å². The van der Waals surface area contributed by atoms with Crippen LogP contribution in [0.3, 0.4) is 0 Å². The molecule has 2 rings (SSSR count). The fraction of sp³-hybridized carbons (Fsp3) is 0.667. The van der Waals surface area contributed by atoms with Crippen LogP contribution < -0.4 is 16.0 Å². The van der Waals surface area contributed by atoms with Crippen LogP contribution in [0.1, 0.15) is 44.7 Å². The minimum atomic E-state index is 0.159. The number of aromatic nitrogens is 1. The highest BCUT2D eigenvalue weighted by molar-refractivity contribution is 7.99. The number of hydrazine groups is 1. The average Bonchev–Trinajstić information content (AvgIpc) is 2.45. The van der Waals surface area contributed by atoms with Gasteiger partial charge in [-0.3, -0.25) is 16.3 Å². The van der Waals surface area contributed by atoms with Crippen molar-refractivity contribution in [3.05, 3.63) is 24.0 Å². The molecule has 1 unspecified atom stereocenters. The Morgan fingerprint density at radius 2 is 2.15 bits per heavy atom. The second kappa shape index (κ2) is 7.86. The summed E-state index contributed by atoms with van der Waals surface area (Å²) in [7, 11) is 0. The molecule has 0 amide bonds. The van der Waals surface area contributed by atoms with Crippen LogP contribution in [0.4, 0.5) is 0 Å². The molecule has 1 aliphatic heterocycles. The average molecular weight is 295 g/mol. The number of thioether (sulfide) groups is 1. The van der Waals surface area contributed by atoms with Crippen molar-refractivity contribution in [3.63, 3.8) is 0 Å². The third kappa shape index (κ3) is 4.65. The summed E-state index contributed by atoms with van der Waals surface area (Å²) in [6.45, 7) is 4.04. The van der Waals surface area contributed by atoms with Crippen LogP contribution in [0, 0.1) is 5.92 Å². The molecular weight excluding hydrogens is 270 g/mol. The summed E-state index contributed by atoms with van der Waals surface area (Å²) in [6, 6.07) is 2.21. The fourth-order valence-corrected chi connectivity index (χ4v) is 3.78. The van der Waals surface area contributed by atoms with Crippen molar-refractivity contribution in [2.45, 2.75) is 45.3 Å². The van der Waals surface area contributed by atoms with E-state index < -0.39 is 0 Å². The van der Waals surface area contributed by atoms with E-state index in [4.69, 9.17) is 10.6 Å². The minimum absolute atomic E-state index is 0.159. The molecule has 1 aromatic rings. The van der Waals surface area contributed by atoms with Gasteiger partial charge in [-0.05, 0) is 62.2 Å². The lowest BCUT2D eigenvalue weighted by molar-refractivity contribution is 0.240. The summed E-state index contributed by atoms with van der Waals surface area (Å²) >= 11 is 2.05. The van der Waals surface area contributed by atoms with Crippen LogP contribution in [0.25, 0.3) is 0 Å². The Hall–Kier alpha value is -0.780. The molecule has 1 atom stereocenters. The fourth-order valence-electron chi connectivity index (χ4n) is 2.58. The molecule has 0 bridgehead atoms. The Labute approximate surface area is 125 Å². The van der Waals surface area contributed by atoms with Gasteiger partial charge in [0.15, 0.2) is 0 Å². The van der Waals surface area contributed by atoms with E-state index in [1.54, 1.807) is 6.20 Å². The lowest BCUT2D eigenvalue weighted by Crippen LogP contribution is -2.30. The molecule has 0 aromatic carbocycles. The largest absolute Gasteiger partial charge is 0.489 e. The van der Waals surface area contributed by atoms with Crippen molar-refractivity contribution in [2.24, 2.45) is 11.8 Å². The summed E-state index contributed by atoms with van der Waals surface area (Å²) in [6.07, 6.45) is 7.46. The Bertz CT molecular complexity index is 408. The predicted octanol–water partition coefficient (Wildman–Crippen LogP) is 2.91. The van der Waals surface area contributed by atoms with Crippen LogP contribution in [0.2, 0.25) is 0 Å². The molecule has 0 saturated carbocycles. The third-order valence-corrected chi connectivity index (χ3v) is 4.67. The normalized spacial score (nSPS) is 18.2. The van der Waals surface area contributed by atoms with Crippen LogP contribution in [0.15, 0.2) is 18.5 Å². The maximum absolute atomic E-state index is 5.75. The molecule has 1 saturated heterocycles. The van der Waals surface area contributed by atoms with Gasteiger partial charge >= 0.3 is 0 Å². The lowest BCUT2D eigenvalue weighted by atomic mass is 9.91. The van der Waals surface area contributed by atoms with Crippen molar-refractivity contribution in [3.8, 4) is 5.75 Å². The summed E-state index contributed by atoms with van der Waals surface area (Å²) < 4.78 is 5.71. The zero-order valence-electron chi connectivity index (χ0n) is 12.3. The number of rotatable bonds is 6. The van der Waals surface area contributed by atoms with Gasteiger partial charge in [-0.25, -0.2) is 0 Å². The molecule has 0 aliphatic carbocycles. The number of ether oxygens (including phenoxy) is 1. The zero-order valence-corrected chi connectivity index (χ0v) is 13.2. The summed E-state index contributed by atoms with van der Waals surface area (Å²) in [5, 5.41) is 0. The first-order valence-corrected chi connectivity index (χ1v) is 8.50. The van der Waals surface area contributed by atoms with E-state index in [2.05, 4.69) is 28.2 Å². The first kappa shape index (κ1) is 15.6. The molecule has 0 radical (unpaired) electrons. The van der Waals surface area contributed by atoms with Gasteiger partial charge in [0.25, 0.3) is 0 Å². The standard InChI is InChI=1S/C15H25N3OS/c1-11(2)19-14-8-13(9-17-10-14)15(18-16)7-12-3-5-20-6-4-12/h8-12,15,18H,3-7,16H2,1-2H3. The quantitative estimate of drug-likeness (QED) is 0.624. The van der Waals surface area contributed by atoms with Crippen LogP contribution in [-0.4, -0.2) is 22.6 Å². The molecular formula is C15H25N3OS. The Balaban J connectivity index is 2.02. The summed E-state index contributed by atoms with van der Waals surface area (Å²) in [4.78, 5) is 4.27. The van der Waals surface area contributed by atoms with Gasteiger partial charge in [0, 0.05) is 12.2 Å². The van der Waals surface area contributed by atoms with Gasteiger partial charge in [0.2, 0.25) is 0 Å². The first-order chi connectivity index (χ1) is 9.69. The van der Waals surface area contributed by atoms with E-state index in [0.717, 1.165) is 23.7 Å². The van der Waals surface area contributed by atoms with Crippen molar-refractivity contribution >= 4 is 11.8 Å². The van der Waals surface area contributed by atoms with Gasteiger partial charge in [-0.2, -0.15) is 11.8 Å². The van der Waals surface area contributed by atoms with Gasteiger partial charge in [-0.15, -0.1) is 0 Å². The van der Waals surface area contributed by atoms with E-state index in [0.29, 0.717) is 0 Å². The minimum Gasteiger partial charge on any atom is -0.489 e. The van der Waals surface area contributed by atoms with Crippen molar-refractivity contribution in [1.29, 1.82) is 0 Å². The second-order valence-electron chi connectivity index (χ2n) is 5.63. The van der Waals surface area contributed by atoms with E-state index in [1.165, 1.54) is 24.3 Å². The number of hydrogen-bond acceptors (Lipinski definition) is 5. The Kier molecular flexibility index (Phi) is 6.13. The number of nitrogens with two attached hydrogens (primary N) is 1. The highest BCUT2D eigenvalue weighted by Gasteiger charge is 2.20. The molecule has 1 fully saturated rings. The number of nitrogens with zero attached hydrogens (tertiary/aromatic N) is 1. The zero-order chi connectivity index (χ0) is 14.4. The maximum Gasteiger partial charge on any atom is 0.138 e. The predicted molar refractivity (Wildman–Crippen MR) is 84.7 cm³/mol. The van der Waals surface area contributed by atoms with Crippen molar-refractivity contribution in [2.75, 3.05) is 11.5 Å². The van der Waals surface area contributed by atoms with E-state index >= 15 is 0 Å². The maximum atomic E-state index is 5.75. The molecule has 112 valence electrons. The highest BCUT2D eigenvalue weighted by atomic mass is 32.2. The third-order valence-electron chi connectivity index (χ3n) is 3.62. The Morgan fingerprint density at radius 1 is 1.40 bits per heavy atom. The molecule has 5 heteroatoms. The van der Waals surface area contributed by atoms with Crippen LogP contribution in [-0.2, 0) is 0 Å². The number of hydrogen-bond donors (Lipinski definition) is 2. The van der Waals surface area contributed by atoms with Crippen LogP contribution >= 0.6 is 11.8 Å². The van der Waals surface area contributed by atoms with Gasteiger partial charge in [-0.1, -0.05) is 0 Å². The molecule has 3 N–H and O–H groups in total. The highest BCUT2D eigenvalue weighted by Crippen LogP contribution is 2.31. The van der Waals surface area contributed by atoms with E-state index in [9.17, 15) is 0 Å². The molecule has 2 heterocycles. The molecule has 20 heavy (non-hydrogen) atoms. The van der Waals surface area contributed by atoms with Gasteiger partial charge < -0.3 is 4.74 Å². The summed E-state index contributed by atoms with van der Waals surface area (Å²) in [5.74, 6) is 9.87.